The van der Waals surface area contributed by atoms with Crippen LogP contribution in [0.25, 0.3) is 22.0 Å². The normalized spacial score (nSPS) is 14.0. The van der Waals surface area contributed by atoms with E-state index in [0.29, 0.717) is 18.0 Å². The summed E-state index contributed by atoms with van der Waals surface area (Å²) in [6, 6.07) is 23.2. The van der Waals surface area contributed by atoms with Crippen molar-refractivity contribution in [2.75, 3.05) is 28.1 Å². The molecule has 0 radical (unpaired) electrons. The van der Waals surface area contributed by atoms with E-state index in [1.807, 2.05) is 36.4 Å². The van der Waals surface area contributed by atoms with E-state index < -0.39 is 0 Å². The van der Waals surface area contributed by atoms with Gasteiger partial charge in [0.25, 0.3) is 0 Å². The summed E-state index contributed by atoms with van der Waals surface area (Å²) in [5, 5.41) is 1.97. The van der Waals surface area contributed by atoms with E-state index in [1.165, 1.54) is 18.0 Å². The van der Waals surface area contributed by atoms with Gasteiger partial charge in [-0.05, 0) is 77.8 Å². The molecule has 1 aliphatic heterocycles. The van der Waals surface area contributed by atoms with Crippen molar-refractivity contribution in [1.82, 2.24) is 4.98 Å². The first-order valence-electron chi connectivity index (χ1n) is 9.93. The van der Waals surface area contributed by atoms with Crippen LogP contribution in [-0.2, 0) is 4.74 Å². The first-order chi connectivity index (χ1) is 15.3. The third-order valence-corrected chi connectivity index (χ3v) is 6.81. The predicted octanol–water partition coefficient (Wildman–Crippen LogP) is 6.60. The fourth-order valence-electron chi connectivity index (χ4n) is 3.44. The van der Waals surface area contributed by atoms with Crippen LogP contribution in [0.3, 0.4) is 0 Å². The highest BCUT2D eigenvalue weighted by atomic mass is 32.2. The second-order valence-electron chi connectivity index (χ2n) is 7.02. The monoisotopic (exact) mass is 449 g/mol. The van der Waals surface area contributed by atoms with E-state index in [2.05, 4.69) is 38.3 Å². The summed E-state index contributed by atoms with van der Waals surface area (Å²) in [6.45, 7) is 1.41. The molecule has 1 fully saturated rings. The highest BCUT2D eigenvalue weighted by molar-refractivity contribution is 8.00. The smallest absolute Gasteiger partial charge is 0.132 e. The fourth-order valence-corrected chi connectivity index (χ4v) is 4.91. The molecule has 1 N–H and O–H groups in total. The molecule has 1 aliphatic rings. The SMILES string of the molecule is Fc1ccc(NSc2ccc(N3COCCS3)cc2)cc1-c1nccc2ccccc12. The van der Waals surface area contributed by atoms with Crippen molar-refractivity contribution >= 4 is 46.0 Å². The molecule has 7 heteroatoms. The van der Waals surface area contributed by atoms with Crippen LogP contribution in [0.4, 0.5) is 15.8 Å². The molecule has 0 bridgehead atoms. The second kappa shape index (κ2) is 9.18. The third-order valence-electron chi connectivity index (χ3n) is 4.99. The molecule has 4 aromatic rings. The molecule has 31 heavy (non-hydrogen) atoms. The average Bonchev–Trinajstić information content (AvgIpc) is 2.84. The van der Waals surface area contributed by atoms with Crippen molar-refractivity contribution in [3.63, 3.8) is 0 Å². The predicted molar refractivity (Wildman–Crippen MR) is 129 cm³/mol. The van der Waals surface area contributed by atoms with Gasteiger partial charge < -0.3 is 9.46 Å². The number of benzene rings is 3. The van der Waals surface area contributed by atoms with Gasteiger partial charge in [0.05, 0.1) is 12.3 Å². The molecule has 0 atom stereocenters. The van der Waals surface area contributed by atoms with Crippen LogP contribution in [0.5, 0.6) is 0 Å². The summed E-state index contributed by atoms with van der Waals surface area (Å²) in [5.41, 5.74) is 3.08. The minimum absolute atomic E-state index is 0.287. The molecule has 5 rings (SSSR count). The van der Waals surface area contributed by atoms with E-state index >= 15 is 0 Å². The number of hydrogen-bond acceptors (Lipinski definition) is 6. The van der Waals surface area contributed by atoms with E-state index in [4.69, 9.17) is 4.74 Å². The number of hydrogen-bond donors (Lipinski definition) is 1. The van der Waals surface area contributed by atoms with Crippen LogP contribution in [0.15, 0.2) is 83.9 Å². The first-order valence-corrected chi connectivity index (χ1v) is 11.7. The fraction of sp³-hybridized carbons (Fsp3) is 0.125. The highest BCUT2D eigenvalue weighted by Gasteiger charge is 2.13. The van der Waals surface area contributed by atoms with Crippen molar-refractivity contribution in [2.45, 2.75) is 4.90 Å². The standard InChI is InChI=1S/C24H20FN3OS2/c25-23-10-5-18(15-22(23)24-21-4-2-1-3-17(21)11-12-26-24)27-31-20-8-6-19(7-9-20)28-16-29-13-14-30-28/h1-12,15,27H,13-14,16H2. The van der Waals surface area contributed by atoms with Crippen LogP contribution in [0.1, 0.15) is 0 Å². The Balaban J connectivity index is 1.34. The number of aromatic nitrogens is 1. The number of halogens is 1. The minimum atomic E-state index is -0.287. The Morgan fingerprint density at radius 3 is 2.74 bits per heavy atom. The lowest BCUT2D eigenvalue weighted by atomic mass is 10.0. The average molecular weight is 450 g/mol. The largest absolute Gasteiger partial charge is 0.359 e. The molecule has 1 aromatic heterocycles. The molecular weight excluding hydrogens is 429 g/mol. The third kappa shape index (κ3) is 4.49. The summed E-state index contributed by atoms with van der Waals surface area (Å²) < 4.78 is 25.7. The van der Waals surface area contributed by atoms with Crippen molar-refractivity contribution < 1.29 is 9.13 Å². The van der Waals surface area contributed by atoms with Gasteiger partial charge in [0.2, 0.25) is 0 Å². The Hall–Kier alpha value is -2.74. The Bertz CT molecular complexity index is 1190. The van der Waals surface area contributed by atoms with E-state index in [-0.39, 0.29) is 5.82 Å². The number of nitrogens with zero attached hydrogens (tertiary/aromatic N) is 2. The van der Waals surface area contributed by atoms with E-state index in [9.17, 15) is 4.39 Å². The quantitative estimate of drug-likeness (QED) is 0.346. The number of rotatable bonds is 5. The Morgan fingerprint density at radius 1 is 1.03 bits per heavy atom. The molecular formula is C24H20FN3OS2. The van der Waals surface area contributed by atoms with Gasteiger partial charge >= 0.3 is 0 Å². The van der Waals surface area contributed by atoms with Gasteiger partial charge in [-0.15, -0.1) is 0 Å². The molecule has 2 heterocycles. The number of fused-ring (bicyclic) bond motifs is 1. The van der Waals surface area contributed by atoms with Crippen LogP contribution in [0.2, 0.25) is 0 Å². The summed E-state index contributed by atoms with van der Waals surface area (Å²) in [6.07, 6.45) is 1.72. The molecule has 3 aromatic carbocycles. The summed E-state index contributed by atoms with van der Waals surface area (Å²) in [7, 11) is 0. The van der Waals surface area contributed by atoms with Crippen LogP contribution >= 0.6 is 23.9 Å². The molecule has 0 aliphatic carbocycles. The van der Waals surface area contributed by atoms with Gasteiger partial charge in [-0.3, -0.25) is 9.29 Å². The van der Waals surface area contributed by atoms with E-state index in [0.717, 1.165) is 39.4 Å². The number of ether oxygens (including phenoxy) is 1. The summed E-state index contributed by atoms with van der Waals surface area (Å²) in [4.78, 5) is 5.53. The maximum absolute atomic E-state index is 14.7. The zero-order valence-corrected chi connectivity index (χ0v) is 18.3. The maximum atomic E-state index is 14.7. The molecule has 1 saturated heterocycles. The molecule has 156 valence electrons. The number of nitrogens with one attached hydrogen (secondary N) is 1. The van der Waals surface area contributed by atoms with Crippen LogP contribution < -0.4 is 9.03 Å². The zero-order valence-electron chi connectivity index (χ0n) is 16.6. The van der Waals surface area contributed by atoms with Gasteiger partial charge in [-0.1, -0.05) is 24.3 Å². The number of anilines is 2. The molecule has 4 nitrogen and oxygen atoms in total. The molecule has 0 spiro atoms. The first kappa shape index (κ1) is 20.2. The van der Waals surface area contributed by atoms with Crippen molar-refractivity contribution in [3.8, 4) is 11.3 Å². The zero-order chi connectivity index (χ0) is 21.0. The lowest BCUT2D eigenvalue weighted by Gasteiger charge is -2.27. The molecule has 0 amide bonds. The lowest BCUT2D eigenvalue weighted by molar-refractivity contribution is 0.154. The Labute approximate surface area is 189 Å². The Kier molecular flexibility index (Phi) is 5.97. The van der Waals surface area contributed by atoms with Crippen molar-refractivity contribution in [3.05, 3.63) is 84.8 Å². The van der Waals surface area contributed by atoms with Gasteiger partial charge in [-0.2, -0.15) is 0 Å². The summed E-state index contributed by atoms with van der Waals surface area (Å²) >= 11 is 3.27. The van der Waals surface area contributed by atoms with Crippen LogP contribution in [-0.4, -0.2) is 24.1 Å². The maximum Gasteiger partial charge on any atom is 0.132 e. The van der Waals surface area contributed by atoms with Gasteiger partial charge in [-0.25, -0.2) is 4.39 Å². The minimum Gasteiger partial charge on any atom is -0.359 e. The van der Waals surface area contributed by atoms with Crippen LogP contribution in [0, 0.1) is 5.82 Å². The van der Waals surface area contributed by atoms with Gasteiger partial charge in [0.15, 0.2) is 0 Å². The van der Waals surface area contributed by atoms with Crippen molar-refractivity contribution in [1.29, 1.82) is 0 Å². The molecule has 0 unspecified atom stereocenters. The Morgan fingerprint density at radius 2 is 1.90 bits per heavy atom. The topological polar surface area (TPSA) is 37.4 Å². The van der Waals surface area contributed by atoms with Gasteiger partial charge in [0.1, 0.15) is 12.5 Å². The van der Waals surface area contributed by atoms with Crippen molar-refractivity contribution in [2.24, 2.45) is 0 Å². The second-order valence-corrected chi connectivity index (χ2v) is 9.01. The lowest BCUT2D eigenvalue weighted by Crippen LogP contribution is -2.25. The summed E-state index contributed by atoms with van der Waals surface area (Å²) in [5.74, 6) is 0.682. The van der Waals surface area contributed by atoms with Gasteiger partial charge in [0, 0.05) is 39.2 Å². The number of pyridine rings is 1. The molecule has 0 saturated carbocycles. The van der Waals surface area contributed by atoms with E-state index in [1.54, 1.807) is 24.2 Å². The highest BCUT2D eigenvalue weighted by Crippen LogP contribution is 2.32.